The third kappa shape index (κ3) is 6.26. The summed E-state index contributed by atoms with van der Waals surface area (Å²) in [5.41, 5.74) is 0. The van der Waals surface area contributed by atoms with Crippen LogP contribution in [-0.4, -0.2) is 64.4 Å². The molecule has 10 heteroatoms. The number of amides is 1. The lowest BCUT2D eigenvalue weighted by Crippen LogP contribution is -2.48. The number of nitrogens with one attached hydrogen (secondary N) is 1. The summed E-state index contributed by atoms with van der Waals surface area (Å²) in [5.74, 6) is 0.613. The number of anilines is 1. The molecule has 1 aliphatic rings. The van der Waals surface area contributed by atoms with Crippen molar-refractivity contribution in [2.45, 2.75) is 17.3 Å². The van der Waals surface area contributed by atoms with Crippen LogP contribution in [0.4, 0.5) is 5.13 Å². The van der Waals surface area contributed by atoms with Crippen molar-refractivity contribution in [3.05, 3.63) is 44.8 Å². The fourth-order valence-electron chi connectivity index (χ4n) is 3.08. The van der Waals surface area contributed by atoms with Gasteiger partial charge in [0.25, 0.3) is 0 Å². The molecule has 1 N–H and O–H groups in total. The van der Waals surface area contributed by atoms with Crippen LogP contribution >= 0.6 is 45.8 Å². The maximum atomic E-state index is 12.5. The van der Waals surface area contributed by atoms with E-state index >= 15 is 0 Å². The minimum absolute atomic E-state index is 0.188. The zero-order valence-corrected chi connectivity index (χ0v) is 19.2. The maximum Gasteiger partial charge on any atom is 0.233 e. The Morgan fingerprint density at radius 2 is 1.83 bits per heavy atom. The van der Waals surface area contributed by atoms with E-state index in [2.05, 4.69) is 55.4 Å². The molecule has 1 fully saturated rings. The number of rotatable bonds is 9. The Kier molecular flexibility index (Phi) is 7.55. The number of carbonyl (C=O) groups is 1. The molecule has 0 aliphatic carbocycles. The first-order chi connectivity index (χ1) is 14.3. The summed E-state index contributed by atoms with van der Waals surface area (Å²) in [6.45, 7) is 5.31. The van der Waals surface area contributed by atoms with Crippen LogP contribution in [0.3, 0.4) is 0 Å². The summed E-state index contributed by atoms with van der Waals surface area (Å²) < 4.78 is 0.841. The number of aromatic nitrogens is 2. The van der Waals surface area contributed by atoms with Crippen LogP contribution in [-0.2, 0) is 17.8 Å². The van der Waals surface area contributed by atoms with Gasteiger partial charge in [-0.2, -0.15) is 0 Å². The van der Waals surface area contributed by atoms with Gasteiger partial charge in [0.05, 0.1) is 5.75 Å². The lowest BCUT2D eigenvalue weighted by atomic mass is 10.3. The topological polar surface area (TPSA) is 61.4 Å². The van der Waals surface area contributed by atoms with Crippen molar-refractivity contribution in [3.8, 4) is 0 Å². The van der Waals surface area contributed by atoms with Gasteiger partial charge in [0, 0.05) is 49.0 Å². The van der Waals surface area contributed by atoms with Crippen LogP contribution in [0.1, 0.15) is 9.75 Å². The zero-order chi connectivity index (χ0) is 19.9. The van der Waals surface area contributed by atoms with Crippen LogP contribution in [0.15, 0.2) is 39.4 Å². The molecule has 0 spiro atoms. The summed E-state index contributed by atoms with van der Waals surface area (Å²) in [7, 11) is 0. The van der Waals surface area contributed by atoms with Crippen molar-refractivity contribution < 1.29 is 4.79 Å². The van der Waals surface area contributed by atoms with E-state index in [-0.39, 0.29) is 5.91 Å². The molecule has 3 aromatic rings. The molecule has 6 nitrogen and oxygen atoms in total. The quantitative estimate of drug-likeness (QED) is 0.486. The highest BCUT2D eigenvalue weighted by Crippen LogP contribution is 2.26. The molecule has 3 aromatic heterocycles. The second-order valence-corrected chi connectivity index (χ2v) is 10.9. The molecule has 0 aromatic carbocycles. The summed E-state index contributed by atoms with van der Waals surface area (Å²) in [5, 5.41) is 16.7. The van der Waals surface area contributed by atoms with E-state index in [9.17, 15) is 4.79 Å². The van der Waals surface area contributed by atoms with Crippen LogP contribution in [0.25, 0.3) is 0 Å². The lowest BCUT2D eigenvalue weighted by Gasteiger charge is -2.34. The molecule has 0 saturated carbocycles. The normalized spacial score (nSPS) is 15.0. The van der Waals surface area contributed by atoms with Crippen LogP contribution in [0.2, 0.25) is 0 Å². The molecule has 1 aliphatic heterocycles. The van der Waals surface area contributed by atoms with Gasteiger partial charge in [-0.3, -0.25) is 9.69 Å². The Morgan fingerprint density at radius 3 is 2.55 bits per heavy atom. The van der Waals surface area contributed by atoms with Gasteiger partial charge in [0.1, 0.15) is 0 Å². The Labute approximate surface area is 187 Å². The van der Waals surface area contributed by atoms with Crippen molar-refractivity contribution in [1.29, 1.82) is 0 Å². The van der Waals surface area contributed by atoms with Gasteiger partial charge in [-0.05, 0) is 29.3 Å². The van der Waals surface area contributed by atoms with E-state index in [1.165, 1.54) is 32.9 Å². The van der Waals surface area contributed by atoms with Gasteiger partial charge in [-0.1, -0.05) is 35.2 Å². The summed E-state index contributed by atoms with van der Waals surface area (Å²) in [6, 6.07) is 8.48. The zero-order valence-electron chi connectivity index (χ0n) is 16.0. The van der Waals surface area contributed by atoms with Crippen molar-refractivity contribution in [1.82, 2.24) is 20.0 Å². The number of thioether (sulfide) groups is 1. The number of carbonyl (C=O) groups excluding carboxylic acids is 1. The molecule has 0 unspecified atom stereocenters. The van der Waals surface area contributed by atoms with E-state index in [1.807, 2.05) is 4.90 Å². The van der Waals surface area contributed by atoms with Gasteiger partial charge in [-0.15, -0.1) is 32.9 Å². The number of hydrogen-bond acceptors (Lipinski definition) is 9. The fourth-order valence-corrected chi connectivity index (χ4v) is 6.22. The molecule has 29 heavy (non-hydrogen) atoms. The monoisotopic (exact) mass is 465 g/mol. The molecule has 0 bridgehead atoms. The van der Waals surface area contributed by atoms with Gasteiger partial charge >= 0.3 is 0 Å². The van der Waals surface area contributed by atoms with Crippen molar-refractivity contribution >= 4 is 56.8 Å². The molecule has 1 amide bonds. The van der Waals surface area contributed by atoms with E-state index in [1.54, 1.807) is 22.7 Å². The Hall–Kier alpha value is -1.46. The number of piperazine rings is 1. The van der Waals surface area contributed by atoms with Crippen LogP contribution in [0, 0.1) is 0 Å². The first-order valence-corrected chi connectivity index (χ1v) is 13.1. The van der Waals surface area contributed by atoms with Gasteiger partial charge in [0.2, 0.25) is 11.0 Å². The summed E-state index contributed by atoms with van der Waals surface area (Å²) >= 11 is 6.56. The van der Waals surface area contributed by atoms with Gasteiger partial charge in [0.15, 0.2) is 4.34 Å². The van der Waals surface area contributed by atoms with E-state index in [0.29, 0.717) is 5.75 Å². The fraction of sp³-hybridized carbons (Fsp3) is 0.421. The molecular weight excluding hydrogens is 443 g/mol. The average molecular weight is 466 g/mol. The summed E-state index contributed by atoms with van der Waals surface area (Å²) in [6.07, 6.45) is 0.983. The Morgan fingerprint density at radius 1 is 1.07 bits per heavy atom. The number of thiophene rings is 2. The highest BCUT2D eigenvalue weighted by atomic mass is 32.2. The number of hydrogen-bond donors (Lipinski definition) is 1. The molecule has 154 valence electrons. The second-order valence-electron chi connectivity index (χ2n) is 6.65. The average Bonchev–Trinajstić information content (AvgIpc) is 3.50. The molecule has 0 atom stereocenters. The minimum Gasteiger partial charge on any atom is -0.360 e. The van der Waals surface area contributed by atoms with E-state index < -0.39 is 0 Å². The minimum atomic E-state index is 0.188. The SMILES string of the molecule is O=C(CSc1nnc(NCCc2cccs2)s1)N1CCN(Cc2cccs2)CC1. The standard InChI is InChI=1S/C19H23N5OS4/c25-17(24-9-7-23(8-10-24)13-16-4-2-12-27-16)14-28-19-22-21-18(29-19)20-6-5-15-3-1-11-26-15/h1-4,11-12H,5-10,13-14H2,(H,20,21). The maximum absolute atomic E-state index is 12.5. The molecular formula is C19H23N5OS4. The Bertz CT molecular complexity index is 872. The van der Waals surface area contributed by atoms with Gasteiger partial charge < -0.3 is 10.2 Å². The van der Waals surface area contributed by atoms with Crippen molar-refractivity contribution in [2.75, 3.05) is 43.8 Å². The van der Waals surface area contributed by atoms with Crippen LogP contribution in [0.5, 0.6) is 0 Å². The summed E-state index contributed by atoms with van der Waals surface area (Å²) in [4.78, 5) is 19.7. The molecule has 1 saturated heterocycles. The highest BCUT2D eigenvalue weighted by Gasteiger charge is 2.21. The van der Waals surface area contributed by atoms with E-state index in [4.69, 9.17) is 0 Å². The lowest BCUT2D eigenvalue weighted by molar-refractivity contribution is -0.130. The van der Waals surface area contributed by atoms with Crippen molar-refractivity contribution in [3.63, 3.8) is 0 Å². The third-order valence-corrected chi connectivity index (χ3v) is 8.43. The van der Waals surface area contributed by atoms with Crippen LogP contribution < -0.4 is 5.32 Å². The Balaban J connectivity index is 1.15. The smallest absolute Gasteiger partial charge is 0.233 e. The molecule has 0 radical (unpaired) electrons. The highest BCUT2D eigenvalue weighted by molar-refractivity contribution is 8.01. The largest absolute Gasteiger partial charge is 0.360 e. The number of nitrogens with zero attached hydrogens (tertiary/aromatic N) is 4. The van der Waals surface area contributed by atoms with E-state index in [0.717, 1.165) is 55.2 Å². The predicted molar refractivity (Wildman–Crippen MR) is 123 cm³/mol. The first-order valence-electron chi connectivity index (χ1n) is 9.51. The molecule has 4 heterocycles. The van der Waals surface area contributed by atoms with Gasteiger partial charge in [-0.25, -0.2) is 0 Å². The third-order valence-electron chi connectivity index (χ3n) is 4.64. The van der Waals surface area contributed by atoms with Crippen molar-refractivity contribution in [2.24, 2.45) is 0 Å². The predicted octanol–water partition coefficient (Wildman–Crippen LogP) is 3.75. The molecule has 4 rings (SSSR count). The second kappa shape index (κ2) is 10.5. The first kappa shape index (κ1) is 20.8.